The number of aliphatic hydroxyl groups is 1. The Kier molecular flexibility index (Phi) is 12.1. The molecule has 2 aliphatic rings. The van der Waals surface area contributed by atoms with E-state index in [1.807, 2.05) is 0 Å². The zero-order chi connectivity index (χ0) is 18.0. The van der Waals surface area contributed by atoms with Crippen LogP contribution in [0.25, 0.3) is 0 Å². The summed E-state index contributed by atoms with van der Waals surface area (Å²) in [5.74, 6) is 1.42. The summed E-state index contributed by atoms with van der Waals surface area (Å²) in [5.41, 5.74) is -0.0902. The van der Waals surface area contributed by atoms with Gasteiger partial charge in [0.05, 0.1) is 25.9 Å². The number of aliphatic imine (C=N–C) groups is 1. The van der Waals surface area contributed by atoms with E-state index >= 15 is 0 Å². The van der Waals surface area contributed by atoms with Gasteiger partial charge < -0.3 is 25.2 Å². The van der Waals surface area contributed by atoms with Crippen LogP contribution in [0.15, 0.2) is 4.99 Å². The van der Waals surface area contributed by atoms with Gasteiger partial charge in [-0.3, -0.25) is 4.99 Å². The summed E-state index contributed by atoms with van der Waals surface area (Å²) in [7, 11) is 0. The van der Waals surface area contributed by atoms with E-state index in [4.69, 9.17) is 14.5 Å². The summed E-state index contributed by atoms with van der Waals surface area (Å²) in [6, 6.07) is 0. The van der Waals surface area contributed by atoms with Crippen molar-refractivity contribution < 1.29 is 14.6 Å². The molecule has 154 valence electrons. The quantitative estimate of drug-likeness (QED) is 0.204. The summed E-state index contributed by atoms with van der Waals surface area (Å²) < 4.78 is 11.1. The van der Waals surface area contributed by atoms with Crippen LogP contribution in [0.2, 0.25) is 0 Å². The molecule has 0 aromatic rings. The maximum Gasteiger partial charge on any atom is 0.191 e. The van der Waals surface area contributed by atoms with E-state index in [0.717, 1.165) is 77.6 Å². The molecule has 1 aliphatic carbocycles. The van der Waals surface area contributed by atoms with Crippen molar-refractivity contribution in [3.63, 3.8) is 0 Å². The normalized spacial score (nSPS) is 29.3. The van der Waals surface area contributed by atoms with Crippen LogP contribution in [0.5, 0.6) is 0 Å². The molecule has 1 saturated carbocycles. The fraction of sp³-hybridized carbons (Fsp3) is 0.947. The van der Waals surface area contributed by atoms with E-state index in [-0.39, 0.29) is 35.5 Å². The highest BCUT2D eigenvalue weighted by atomic mass is 127. The molecule has 3 atom stereocenters. The largest absolute Gasteiger partial charge is 0.392 e. The van der Waals surface area contributed by atoms with Crippen molar-refractivity contribution in [3.05, 3.63) is 0 Å². The van der Waals surface area contributed by atoms with Crippen molar-refractivity contribution in [2.75, 3.05) is 46.1 Å². The minimum Gasteiger partial charge on any atom is -0.392 e. The average molecular weight is 483 g/mol. The van der Waals surface area contributed by atoms with Crippen LogP contribution in [0, 0.1) is 11.3 Å². The average Bonchev–Trinajstić information content (AvgIpc) is 3.12. The zero-order valence-electron chi connectivity index (χ0n) is 16.5. The minimum absolute atomic E-state index is 0. The molecule has 1 heterocycles. The van der Waals surface area contributed by atoms with Crippen LogP contribution in [-0.2, 0) is 9.47 Å². The Labute approximate surface area is 175 Å². The van der Waals surface area contributed by atoms with Gasteiger partial charge in [0.25, 0.3) is 0 Å². The van der Waals surface area contributed by atoms with Crippen LogP contribution >= 0.6 is 24.0 Å². The third-order valence-corrected chi connectivity index (χ3v) is 5.36. The number of guanidine groups is 1. The molecule has 1 aliphatic heterocycles. The first kappa shape index (κ1) is 23.9. The van der Waals surface area contributed by atoms with E-state index in [9.17, 15) is 5.11 Å². The van der Waals surface area contributed by atoms with Gasteiger partial charge in [-0.1, -0.05) is 19.8 Å². The number of hydrogen-bond acceptors (Lipinski definition) is 4. The first-order valence-electron chi connectivity index (χ1n) is 10.00. The van der Waals surface area contributed by atoms with Gasteiger partial charge in [-0.25, -0.2) is 0 Å². The molecule has 3 unspecified atom stereocenters. The van der Waals surface area contributed by atoms with E-state index in [1.54, 1.807) is 0 Å². The molecule has 0 bridgehead atoms. The zero-order valence-corrected chi connectivity index (χ0v) is 18.8. The predicted octanol–water partition coefficient (Wildman–Crippen LogP) is 2.54. The van der Waals surface area contributed by atoms with E-state index < -0.39 is 0 Å². The fourth-order valence-electron chi connectivity index (χ4n) is 3.51. The topological polar surface area (TPSA) is 75.1 Å². The maximum absolute atomic E-state index is 10.3. The van der Waals surface area contributed by atoms with Gasteiger partial charge in [0.2, 0.25) is 0 Å². The highest BCUT2D eigenvalue weighted by Gasteiger charge is 2.35. The molecule has 0 spiro atoms. The van der Waals surface area contributed by atoms with Crippen LogP contribution in [0.3, 0.4) is 0 Å². The van der Waals surface area contributed by atoms with Gasteiger partial charge >= 0.3 is 0 Å². The number of nitrogens with one attached hydrogen (secondary N) is 2. The van der Waals surface area contributed by atoms with Gasteiger partial charge in [0.1, 0.15) is 0 Å². The first-order valence-corrected chi connectivity index (χ1v) is 10.00. The highest BCUT2D eigenvalue weighted by Crippen LogP contribution is 2.36. The van der Waals surface area contributed by atoms with Crippen molar-refractivity contribution in [3.8, 4) is 0 Å². The lowest BCUT2D eigenvalue weighted by atomic mass is 9.73. The lowest BCUT2D eigenvalue weighted by Gasteiger charge is -2.37. The number of ether oxygens (including phenoxy) is 2. The lowest BCUT2D eigenvalue weighted by molar-refractivity contribution is 0.00716. The predicted molar refractivity (Wildman–Crippen MR) is 116 cm³/mol. The fourth-order valence-corrected chi connectivity index (χ4v) is 3.51. The molecule has 0 aromatic heterocycles. The summed E-state index contributed by atoms with van der Waals surface area (Å²) in [5, 5.41) is 17.0. The Morgan fingerprint density at radius 2 is 2.15 bits per heavy atom. The van der Waals surface area contributed by atoms with Crippen molar-refractivity contribution in [2.45, 2.75) is 58.5 Å². The Hall–Kier alpha value is -0.120. The van der Waals surface area contributed by atoms with Gasteiger partial charge in [-0.2, -0.15) is 0 Å². The van der Waals surface area contributed by atoms with E-state index in [1.165, 1.54) is 6.42 Å². The third kappa shape index (κ3) is 8.27. The Morgan fingerprint density at radius 1 is 1.31 bits per heavy atom. The maximum atomic E-state index is 10.3. The molecular formula is C19H38IN3O3. The summed E-state index contributed by atoms with van der Waals surface area (Å²) in [6.45, 7) is 9.87. The van der Waals surface area contributed by atoms with Gasteiger partial charge in [0, 0.05) is 37.6 Å². The van der Waals surface area contributed by atoms with Crippen molar-refractivity contribution in [1.82, 2.24) is 10.6 Å². The van der Waals surface area contributed by atoms with Crippen LogP contribution in [0.4, 0.5) is 0 Å². The summed E-state index contributed by atoms with van der Waals surface area (Å²) in [4.78, 5) is 4.72. The molecule has 0 amide bonds. The molecule has 7 heteroatoms. The molecule has 2 rings (SSSR count). The molecule has 6 nitrogen and oxygen atoms in total. The number of rotatable bonds is 9. The third-order valence-electron chi connectivity index (χ3n) is 5.36. The molecule has 2 fully saturated rings. The first-order chi connectivity index (χ1) is 12.1. The summed E-state index contributed by atoms with van der Waals surface area (Å²) >= 11 is 0. The molecule has 1 saturated heterocycles. The Bertz CT molecular complexity index is 405. The van der Waals surface area contributed by atoms with Gasteiger partial charge in [-0.05, 0) is 32.6 Å². The summed E-state index contributed by atoms with van der Waals surface area (Å²) in [6.07, 6.45) is 6.12. The van der Waals surface area contributed by atoms with E-state index in [0.29, 0.717) is 12.5 Å². The van der Waals surface area contributed by atoms with Crippen molar-refractivity contribution in [1.29, 1.82) is 0 Å². The molecular weight excluding hydrogens is 445 g/mol. The number of nitrogens with zero attached hydrogens (tertiary/aromatic N) is 1. The second-order valence-corrected chi connectivity index (χ2v) is 7.70. The van der Waals surface area contributed by atoms with Crippen molar-refractivity contribution in [2.24, 2.45) is 16.3 Å². The second kappa shape index (κ2) is 13.1. The van der Waals surface area contributed by atoms with Crippen LogP contribution < -0.4 is 10.6 Å². The Balaban J connectivity index is 0.00000338. The second-order valence-electron chi connectivity index (χ2n) is 7.70. The molecule has 0 aromatic carbocycles. The van der Waals surface area contributed by atoms with Crippen LogP contribution in [-0.4, -0.2) is 63.2 Å². The standard InChI is InChI=1S/C19H37N3O3.HI/c1-3-20-18(22-15-19(2)9-5-4-7-17(19)23)21-10-6-11-24-13-16-8-12-25-14-16;/h16-17,23H,3-15H2,1-2H3,(H2,20,21,22);1H. The number of hydrogen-bond donors (Lipinski definition) is 3. The smallest absolute Gasteiger partial charge is 0.191 e. The highest BCUT2D eigenvalue weighted by molar-refractivity contribution is 14.0. The van der Waals surface area contributed by atoms with Crippen LogP contribution in [0.1, 0.15) is 52.4 Å². The Morgan fingerprint density at radius 3 is 2.85 bits per heavy atom. The number of aliphatic hydroxyl groups excluding tert-OH is 1. The SMILES string of the molecule is CCNC(=NCC1(C)CCCCC1O)NCCCOCC1CCOC1.I. The van der Waals surface area contributed by atoms with Gasteiger partial charge in [-0.15, -0.1) is 24.0 Å². The van der Waals surface area contributed by atoms with Crippen molar-refractivity contribution >= 4 is 29.9 Å². The molecule has 0 radical (unpaired) electrons. The van der Waals surface area contributed by atoms with E-state index in [2.05, 4.69) is 24.5 Å². The molecule has 26 heavy (non-hydrogen) atoms. The lowest BCUT2D eigenvalue weighted by Crippen LogP contribution is -2.42. The monoisotopic (exact) mass is 483 g/mol. The van der Waals surface area contributed by atoms with Gasteiger partial charge in [0.15, 0.2) is 5.96 Å². The number of halogens is 1. The minimum atomic E-state index is -0.235. The molecule has 3 N–H and O–H groups in total.